The van der Waals surface area contributed by atoms with Crippen LogP contribution in [0.4, 0.5) is 0 Å². The summed E-state index contributed by atoms with van der Waals surface area (Å²) in [6, 6.07) is 66.5. The van der Waals surface area contributed by atoms with Crippen molar-refractivity contribution >= 4 is 43.1 Å². The first-order valence-corrected chi connectivity index (χ1v) is 15.9. The standard InChI is InChI=1S/C46H30/c1-3-15-31(16-4-1)33-27-28-42-44(29-33)46(43-30-34-19-7-8-21-36(34)37-22-10-11-23-38(37)43)41-26-14-13-25-40(41)45(42)39-24-12-9-20-35(39)32-17-5-2-6-18-32/h1-30H. The average Bonchev–Trinajstić information content (AvgIpc) is 3.14. The summed E-state index contributed by atoms with van der Waals surface area (Å²) < 4.78 is 0. The van der Waals surface area contributed by atoms with E-state index >= 15 is 0 Å². The van der Waals surface area contributed by atoms with Crippen LogP contribution in [0.5, 0.6) is 0 Å². The third kappa shape index (κ3) is 4.23. The van der Waals surface area contributed by atoms with E-state index in [0.717, 1.165) is 0 Å². The van der Waals surface area contributed by atoms with Gasteiger partial charge in [-0.05, 0) is 99.7 Å². The zero-order chi connectivity index (χ0) is 30.5. The maximum atomic E-state index is 2.42. The molecule has 0 saturated heterocycles. The van der Waals surface area contributed by atoms with E-state index in [4.69, 9.17) is 0 Å². The van der Waals surface area contributed by atoms with Gasteiger partial charge in [-0.1, -0.05) is 170 Å². The Morgan fingerprint density at radius 2 is 0.717 bits per heavy atom. The lowest BCUT2D eigenvalue weighted by Crippen LogP contribution is -1.94. The van der Waals surface area contributed by atoms with E-state index in [-0.39, 0.29) is 0 Å². The molecule has 0 spiro atoms. The fourth-order valence-electron chi connectivity index (χ4n) is 7.40. The van der Waals surface area contributed by atoms with Crippen LogP contribution in [-0.2, 0) is 0 Å². The smallest absolute Gasteiger partial charge is 0.00197 e. The minimum atomic E-state index is 1.22. The van der Waals surface area contributed by atoms with Crippen molar-refractivity contribution in [3.8, 4) is 44.5 Å². The molecule has 0 atom stereocenters. The van der Waals surface area contributed by atoms with E-state index in [1.807, 2.05) is 0 Å². The molecule has 0 N–H and O–H groups in total. The van der Waals surface area contributed by atoms with Crippen molar-refractivity contribution in [2.24, 2.45) is 0 Å². The van der Waals surface area contributed by atoms with Crippen LogP contribution in [0.3, 0.4) is 0 Å². The first-order valence-electron chi connectivity index (χ1n) is 15.9. The van der Waals surface area contributed by atoms with Gasteiger partial charge >= 0.3 is 0 Å². The molecule has 0 unspecified atom stereocenters. The molecule has 0 aliphatic carbocycles. The Hall–Kier alpha value is -5.98. The van der Waals surface area contributed by atoms with Gasteiger partial charge in [0.15, 0.2) is 0 Å². The van der Waals surface area contributed by atoms with Crippen LogP contribution in [0.15, 0.2) is 182 Å². The van der Waals surface area contributed by atoms with Gasteiger partial charge in [0.05, 0.1) is 0 Å². The van der Waals surface area contributed by atoms with Gasteiger partial charge in [0.25, 0.3) is 0 Å². The number of rotatable bonds is 4. The van der Waals surface area contributed by atoms with Gasteiger partial charge in [-0.2, -0.15) is 0 Å². The predicted octanol–water partition coefficient (Wildman–Crippen LogP) is 13.0. The topological polar surface area (TPSA) is 0 Å². The molecule has 0 bridgehead atoms. The zero-order valence-electron chi connectivity index (χ0n) is 25.3. The highest BCUT2D eigenvalue weighted by Gasteiger charge is 2.21. The third-order valence-corrected chi connectivity index (χ3v) is 9.45. The van der Waals surface area contributed by atoms with Crippen molar-refractivity contribution in [2.45, 2.75) is 0 Å². The number of benzene rings is 9. The van der Waals surface area contributed by atoms with Crippen LogP contribution >= 0.6 is 0 Å². The Morgan fingerprint density at radius 1 is 0.217 bits per heavy atom. The van der Waals surface area contributed by atoms with Gasteiger partial charge < -0.3 is 0 Å². The molecule has 214 valence electrons. The summed E-state index contributed by atoms with van der Waals surface area (Å²) in [5, 5.41) is 10.1. The van der Waals surface area contributed by atoms with Gasteiger partial charge in [-0.25, -0.2) is 0 Å². The summed E-state index contributed by atoms with van der Waals surface area (Å²) in [7, 11) is 0. The summed E-state index contributed by atoms with van der Waals surface area (Å²) in [5.74, 6) is 0. The fraction of sp³-hybridized carbons (Fsp3) is 0. The van der Waals surface area contributed by atoms with Crippen LogP contribution in [0.2, 0.25) is 0 Å². The normalized spacial score (nSPS) is 11.5. The van der Waals surface area contributed by atoms with Crippen LogP contribution < -0.4 is 0 Å². The summed E-state index contributed by atoms with van der Waals surface area (Å²) in [4.78, 5) is 0. The van der Waals surface area contributed by atoms with E-state index in [1.54, 1.807) is 0 Å². The molecule has 0 fully saturated rings. The second-order valence-electron chi connectivity index (χ2n) is 12.0. The minimum absolute atomic E-state index is 1.22. The van der Waals surface area contributed by atoms with Gasteiger partial charge in [0.1, 0.15) is 0 Å². The molecule has 46 heavy (non-hydrogen) atoms. The maximum absolute atomic E-state index is 2.42. The molecule has 0 heterocycles. The SMILES string of the molecule is c1ccc(-c2ccc3c(-c4ccccc4-c4ccccc4)c4ccccc4c(-c4cc5ccccc5c5ccccc45)c3c2)cc1. The Labute approximate surface area is 268 Å². The quantitative estimate of drug-likeness (QED) is 0.143. The average molecular weight is 583 g/mol. The lowest BCUT2D eigenvalue weighted by atomic mass is 9.81. The maximum Gasteiger partial charge on any atom is -0.00197 e. The van der Waals surface area contributed by atoms with Crippen molar-refractivity contribution in [3.05, 3.63) is 182 Å². The summed E-state index contributed by atoms with van der Waals surface area (Å²) in [6.45, 7) is 0. The highest BCUT2D eigenvalue weighted by atomic mass is 14.2. The highest BCUT2D eigenvalue weighted by molar-refractivity contribution is 6.26. The first-order chi connectivity index (χ1) is 22.8. The first kappa shape index (κ1) is 26.4. The van der Waals surface area contributed by atoms with Gasteiger partial charge in [-0.15, -0.1) is 0 Å². The lowest BCUT2D eigenvalue weighted by molar-refractivity contribution is 1.60. The summed E-state index contributed by atoms with van der Waals surface area (Å²) in [5.41, 5.74) is 9.98. The molecule has 0 saturated carbocycles. The molecule has 0 aliphatic heterocycles. The predicted molar refractivity (Wildman–Crippen MR) is 198 cm³/mol. The highest BCUT2D eigenvalue weighted by Crippen LogP contribution is 2.48. The Kier molecular flexibility index (Phi) is 6.25. The Morgan fingerprint density at radius 3 is 1.43 bits per heavy atom. The van der Waals surface area contributed by atoms with Crippen molar-refractivity contribution in [3.63, 3.8) is 0 Å². The number of fused-ring (bicyclic) bond motifs is 5. The molecular weight excluding hydrogens is 553 g/mol. The fourth-order valence-corrected chi connectivity index (χ4v) is 7.40. The lowest BCUT2D eigenvalue weighted by Gasteiger charge is -2.21. The monoisotopic (exact) mass is 582 g/mol. The molecule has 9 aromatic carbocycles. The second kappa shape index (κ2) is 10.9. The van der Waals surface area contributed by atoms with Crippen molar-refractivity contribution in [2.75, 3.05) is 0 Å². The third-order valence-electron chi connectivity index (χ3n) is 9.45. The Bertz CT molecular complexity index is 2560. The number of hydrogen-bond donors (Lipinski definition) is 0. The van der Waals surface area contributed by atoms with Crippen molar-refractivity contribution < 1.29 is 0 Å². The molecule has 0 nitrogen and oxygen atoms in total. The summed E-state index contributed by atoms with van der Waals surface area (Å²) in [6.07, 6.45) is 0. The van der Waals surface area contributed by atoms with Crippen LogP contribution in [0, 0.1) is 0 Å². The van der Waals surface area contributed by atoms with Crippen LogP contribution in [0.1, 0.15) is 0 Å². The van der Waals surface area contributed by atoms with Crippen LogP contribution in [0.25, 0.3) is 87.6 Å². The zero-order valence-corrected chi connectivity index (χ0v) is 25.3. The van der Waals surface area contributed by atoms with Gasteiger partial charge in [-0.3, -0.25) is 0 Å². The number of hydrogen-bond acceptors (Lipinski definition) is 0. The van der Waals surface area contributed by atoms with Gasteiger partial charge in [0.2, 0.25) is 0 Å². The molecule has 0 amide bonds. The molecule has 0 heteroatoms. The molecule has 9 rings (SSSR count). The van der Waals surface area contributed by atoms with Crippen LogP contribution in [-0.4, -0.2) is 0 Å². The van der Waals surface area contributed by atoms with E-state index < -0.39 is 0 Å². The van der Waals surface area contributed by atoms with E-state index in [0.29, 0.717) is 0 Å². The Balaban J connectivity index is 1.48. The molecule has 0 aromatic heterocycles. The minimum Gasteiger partial charge on any atom is -0.0622 e. The van der Waals surface area contributed by atoms with E-state index in [2.05, 4.69) is 182 Å². The van der Waals surface area contributed by atoms with Gasteiger partial charge in [0, 0.05) is 0 Å². The van der Waals surface area contributed by atoms with Crippen molar-refractivity contribution in [1.29, 1.82) is 0 Å². The largest absolute Gasteiger partial charge is 0.0622 e. The van der Waals surface area contributed by atoms with E-state index in [9.17, 15) is 0 Å². The van der Waals surface area contributed by atoms with E-state index in [1.165, 1.54) is 87.6 Å². The molecule has 0 aliphatic rings. The second-order valence-corrected chi connectivity index (χ2v) is 12.0. The molecular formula is C46H30. The molecule has 0 radical (unpaired) electrons. The molecule has 9 aromatic rings. The van der Waals surface area contributed by atoms with Crippen molar-refractivity contribution in [1.82, 2.24) is 0 Å². The summed E-state index contributed by atoms with van der Waals surface area (Å²) >= 11 is 0.